The summed E-state index contributed by atoms with van der Waals surface area (Å²) < 4.78 is 75.3. The van der Waals surface area contributed by atoms with Crippen LogP contribution >= 0.6 is 27.4 Å². The topological polar surface area (TPSA) is 264 Å². The number of phosphoric acid groups is 2. The normalized spacial score (nSPS) is 16.6. The molecule has 1 heterocycles. The molecule has 1 aliphatic rings. The van der Waals surface area contributed by atoms with E-state index in [-0.39, 0.29) is 65.0 Å². The first-order chi connectivity index (χ1) is 27.9. The molecule has 1 aromatic carbocycles. The number of nitro groups is 1. The van der Waals surface area contributed by atoms with Crippen LogP contribution in [-0.4, -0.2) is 146 Å². The summed E-state index contributed by atoms with van der Waals surface area (Å²) >= 11 is 1.30. The molecule has 0 aromatic heterocycles. The van der Waals surface area contributed by atoms with Crippen LogP contribution < -0.4 is 4.74 Å². The van der Waals surface area contributed by atoms with E-state index in [1.807, 2.05) is 0 Å². The number of likely N-dealkylation sites (tertiary alicyclic amines) is 1. The number of carbonyl (C=O) groups is 3. The average Bonchev–Trinajstić information content (AvgIpc) is 3.40. The molecule has 0 bridgehead atoms. The molecule has 3 unspecified atom stereocenters. The molecular formula is C35H58N2O19P2S. The Morgan fingerprint density at radius 3 is 1.81 bits per heavy atom. The Morgan fingerprint density at radius 1 is 0.797 bits per heavy atom. The summed E-state index contributed by atoms with van der Waals surface area (Å²) in [5, 5.41) is 10.6. The van der Waals surface area contributed by atoms with Gasteiger partial charge in [-0.1, -0.05) is 18.9 Å². The summed E-state index contributed by atoms with van der Waals surface area (Å²) in [6, 6.07) is 4.08. The molecule has 338 valence electrons. The number of amides is 2. The smallest absolute Gasteiger partial charge is 0.418 e. The zero-order valence-corrected chi connectivity index (χ0v) is 36.6. The van der Waals surface area contributed by atoms with Crippen molar-refractivity contribution in [1.82, 2.24) is 4.90 Å². The Hall–Kier alpha value is -2.40. The van der Waals surface area contributed by atoms with E-state index in [0.717, 1.165) is 11.3 Å². The summed E-state index contributed by atoms with van der Waals surface area (Å²) in [6.07, 6.45) is 2.57. The lowest BCUT2D eigenvalue weighted by Crippen LogP contribution is -2.37. The first-order valence-electron chi connectivity index (χ1n) is 19.0. The third-order valence-corrected chi connectivity index (χ3v) is 11.1. The number of carbonyl (C=O) groups excluding carboxylic acids is 3. The molecule has 1 aromatic rings. The fraction of sp³-hybridized carbons (Fsp3) is 0.743. The van der Waals surface area contributed by atoms with Crippen molar-refractivity contribution in [3.8, 4) is 5.75 Å². The van der Waals surface area contributed by atoms with E-state index >= 15 is 0 Å². The molecule has 1 saturated heterocycles. The minimum Gasteiger partial charge on any atom is -0.418 e. The van der Waals surface area contributed by atoms with Crippen molar-refractivity contribution in [3.63, 3.8) is 0 Å². The van der Waals surface area contributed by atoms with Crippen LogP contribution in [0.3, 0.4) is 0 Å². The maximum Gasteiger partial charge on any atom is 0.472 e. The second-order valence-electron chi connectivity index (χ2n) is 13.7. The fourth-order valence-electron chi connectivity index (χ4n) is 4.87. The fourth-order valence-corrected chi connectivity index (χ4v) is 7.84. The van der Waals surface area contributed by atoms with Gasteiger partial charge < -0.3 is 38.2 Å². The first kappa shape index (κ1) is 52.7. The van der Waals surface area contributed by atoms with Crippen molar-refractivity contribution in [1.29, 1.82) is 0 Å². The summed E-state index contributed by atoms with van der Waals surface area (Å²) in [7, 11) is -8.37. The van der Waals surface area contributed by atoms with Gasteiger partial charge in [0.2, 0.25) is 17.6 Å². The van der Waals surface area contributed by atoms with Gasteiger partial charge in [0.25, 0.3) is 0 Å². The molecule has 0 aliphatic carbocycles. The van der Waals surface area contributed by atoms with Gasteiger partial charge in [-0.15, -0.1) is 11.8 Å². The van der Waals surface area contributed by atoms with Crippen molar-refractivity contribution in [2.75, 3.05) is 98.2 Å². The van der Waals surface area contributed by atoms with Gasteiger partial charge in [0, 0.05) is 12.5 Å². The SMILES string of the molecule is Cc1ccc(OC(=O)CN2C(=O)CC(SCCCCCCOP(=O)(O)OCCOCCOCCOCCOCCOCCOP(=O)(O)OC(C)(C)C)C2=O)c([N+](=O)[O-])c1. The maximum absolute atomic E-state index is 12.8. The van der Waals surface area contributed by atoms with Crippen LogP contribution in [0.4, 0.5) is 5.69 Å². The molecule has 21 nitrogen and oxygen atoms in total. The van der Waals surface area contributed by atoms with E-state index in [4.69, 9.17) is 46.5 Å². The van der Waals surface area contributed by atoms with Crippen molar-refractivity contribution < 1.29 is 84.7 Å². The van der Waals surface area contributed by atoms with Crippen molar-refractivity contribution in [2.24, 2.45) is 0 Å². The van der Waals surface area contributed by atoms with Crippen LogP contribution in [0.15, 0.2) is 18.2 Å². The number of ether oxygens (including phenoxy) is 6. The third-order valence-electron chi connectivity index (χ3n) is 7.48. The number of nitrogens with zero attached hydrogens (tertiary/aromatic N) is 2. The molecule has 24 heteroatoms. The molecule has 0 saturated carbocycles. The molecule has 1 aliphatic heterocycles. The summed E-state index contributed by atoms with van der Waals surface area (Å²) in [5.41, 5.74) is -0.605. The number of hydrogen-bond acceptors (Lipinski definition) is 18. The predicted octanol–water partition coefficient (Wildman–Crippen LogP) is 4.38. The molecule has 59 heavy (non-hydrogen) atoms. The predicted molar refractivity (Wildman–Crippen MR) is 212 cm³/mol. The van der Waals surface area contributed by atoms with Crippen molar-refractivity contribution in [2.45, 2.75) is 70.7 Å². The number of imide groups is 1. The molecule has 2 amide bonds. The maximum atomic E-state index is 12.8. The number of rotatable bonds is 34. The Bertz CT molecular complexity index is 1550. The molecule has 2 N–H and O–H groups in total. The van der Waals surface area contributed by atoms with E-state index < -0.39 is 61.4 Å². The molecular weight excluding hydrogens is 846 g/mol. The number of thioether (sulfide) groups is 1. The highest BCUT2D eigenvalue weighted by molar-refractivity contribution is 8.00. The summed E-state index contributed by atoms with van der Waals surface area (Å²) in [5.74, 6) is -1.71. The van der Waals surface area contributed by atoms with Crippen LogP contribution in [0.25, 0.3) is 0 Å². The standard InChI is InChI=1S/C35H58N2O19P2S/c1-28-9-10-30(29(25-28)37(41)42)55-33(39)27-36-32(38)26-31(34(36)40)59-24-8-6-5-7-11-52-57(43,44)53-22-20-50-18-16-48-14-12-47-13-15-49-17-19-51-21-23-54-58(45,46)56-35(2,3)4/h9-10,25,31H,5-8,11-24,26-27H2,1-4H3,(H,43,44)(H,45,46). The lowest BCUT2D eigenvalue weighted by Gasteiger charge is -2.22. The van der Waals surface area contributed by atoms with Gasteiger partial charge in [0.15, 0.2) is 0 Å². The average molecular weight is 905 g/mol. The van der Waals surface area contributed by atoms with E-state index in [1.54, 1.807) is 27.7 Å². The Kier molecular flexibility index (Phi) is 25.3. The lowest BCUT2D eigenvalue weighted by molar-refractivity contribution is -0.385. The third kappa shape index (κ3) is 24.6. The van der Waals surface area contributed by atoms with Crippen LogP contribution in [-0.2, 0) is 65.3 Å². The van der Waals surface area contributed by atoms with Crippen molar-refractivity contribution in [3.05, 3.63) is 33.9 Å². The zero-order valence-electron chi connectivity index (χ0n) is 34.0. The minimum atomic E-state index is -4.24. The minimum absolute atomic E-state index is 0.00692. The Labute approximate surface area is 348 Å². The second kappa shape index (κ2) is 28.2. The highest BCUT2D eigenvalue weighted by Gasteiger charge is 2.40. The van der Waals surface area contributed by atoms with Crippen LogP contribution in [0.5, 0.6) is 5.75 Å². The van der Waals surface area contributed by atoms with Gasteiger partial charge >= 0.3 is 27.3 Å². The highest BCUT2D eigenvalue weighted by atomic mass is 32.2. The molecule has 1 fully saturated rings. The van der Waals surface area contributed by atoms with Gasteiger partial charge in [-0.25, -0.2) is 13.9 Å². The lowest BCUT2D eigenvalue weighted by atomic mass is 10.2. The number of benzene rings is 1. The molecule has 2 rings (SSSR count). The van der Waals surface area contributed by atoms with Crippen LogP contribution in [0, 0.1) is 17.0 Å². The molecule has 0 spiro atoms. The zero-order chi connectivity index (χ0) is 43.7. The quantitative estimate of drug-likeness (QED) is 0.0185. The Balaban J connectivity index is 1.37. The van der Waals surface area contributed by atoms with E-state index in [2.05, 4.69) is 0 Å². The summed E-state index contributed by atoms with van der Waals surface area (Å²) in [4.78, 5) is 68.4. The van der Waals surface area contributed by atoms with E-state index in [1.165, 1.54) is 30.0 Å². The first-order valence-corrected chi connectivity index (χ1v) is 23.0. The molecule has 0 radical (unpaired) electrons. The van der Waals surface area contributed by atoms with E-state index in [0.29, 0.717) is 63.6 Å². The number of nitro benzene ring substituents is 1. The monoisotopic (exact) mass is 904 g/mol. The number of hydrogen-bond donors (Lipinski definition) is 2. The number of phosphoric ester groups is 2. The van der Waals surface area contributed by atoms with Gasteiger partial charge in [-0.05, 0) is 57.9 Å². The van der Waals surface area contributed by atoms with Crippen LogP contribution in [0.1, 0.15) is 58.4 Å². The van der Waals surface area contributed by atoms with E-state index in [9.17, 15) is 43.4 Å². The van der Waals surface area contributed by atoms with Gasteiger partial charge in [0.05, 0.1) is 102 Å². The highest BCUT2D eigenvalue weighted by Crippen LogP contribution is 2.47. The van der Waals surface area contributed by atoms with Gasteiger partial charge in [-0.3, -0.25) is 42.7 Å². The number of esters is 1. The van der Waals surface area contributed by atoms with Gasteiger partial charge in [0.1, 0.15) is 6.54 Å². The van der Waals surface area contributed by atoms with Crippen LogP contribution in [0.2, 0.25) is 0 Å². The van der Waals surface area contributed by atoms with Crippen molar-refractivity contribution >= 4 is 50.9 Å². The Morgan fingerprint density at radius 2 is 1.29 bits per heavy atom. The number of aryl methyl sites for hydroxylation is 1. The molecule has 3 atom stereocenters. The van der Waals surface area contributed by atoms with Gasteiger partial charge in [-0.2, -0.15) is 0 Å². The number of unbranched alkanes of at least 4 members (excludes halogenated alkanes) is 3. The second-order valence-corrected chi connectivity index (χ2v) is 17.8. The largest absolute Gasteiger partial charge is 0.472 e. The summed E-state index contributed by atoms with van der Waals surface area (Å²) in [6.45, 7) is 8.38.